The molecule has 0 aliphatic rings. The number of aryl methyl sites for hydroxylation is 2. The van der Waals surface area contributed by atoms with E-state index in [4.69, 9.17) is 11.6 Å². The number of nitrogens with one attached hydrogen (secondary N) is 1. The lowest BCUT2D eigenvalue weighted by molar-refractivity contribution is 0.630. The molecular formula is C17H20ClN. The quantitative estimate of drug-likeness (QED) is 0.855. The fourth-order valence-corrected chi connectivity index (χ4v) is 2.58. The van der Waals surface area contributed by atoms with Crippen LogP contribution in [0.4, 0.5) is 0 Å². The van der Waals surface area contributed by atoms with Gasteiger partial charge in [-0.2, -0.15) is 0 Å². The molecule has 0 radical (unpaired) electrons. The van der Waals surface area contributed by atoms with E-state index in [2.05, 4.69) is 62.5 Å². The molecule has 0 spiro atoms. The second-order valence-corrected chi connectivity index (χ2v) is 5.33. The third-order valence-electron chi connectivity index (χ3n) is 3.29. The highest BCUT2D eigenvalue weighted by molar-refractivity contribution is 6.31. The van der Waals surface area contributed by atoms with E-state index in [0.717, 1.165) is 17.1 Å². The topological polar surface area (TPSA) is 12.0 Å². The summed E-state index contributed by atoms with van der Waals surface area (Å²) in [5.74, 6) is 0. The maximum atomic E-state index is 6.40. The van der Waals surface area contributed by atoms with E-state index in [-0.39, 0.29) is 6.04 Å². The lowest BCUT2D eigenvalue weighted by Gasteiger charge is -2.20. The number of halogens is 1. The summed E-state index contributed by atoms with van der Waals surface area (Å²) in [4.78, 5) is 0. The summed E-state index contributed by atoms with van der Waals surface area (Å²) < 4.78 is 0. The van der Waals surface area contributed by atoms with Crippen LogP contribution in [-0.2, 0) is 0 Å². The molecular weight excluding hydrogens is 254 g/mol. The number of benzene rings is 2. The molecule has 2 rings (SSSR count). The minimum Gasteiger partial charge on any atom is -0.306 e. The molecule has 0 saturated heterocycles. The normalized spacial score (nSPS) is 12.4. The van der Waals surface area contributed by atoms with Gasteiger partial charge >= 0.3 is 0 Å². The zero-order valence-electron chi connectivity index (χ0n) is 11.7. The van der Waals surface area contributed by atoms with Gasteiger partial charge < -0.3 is 5.32 Å². The fourth-order valence-electron chi connectivity index (χ4n) is 2.24. The lowest BCUT2D eigenvalue weighted by Crippen LogP contribution is -2.22. The van der Waals surface area contributed by atoms with Gasteiger partial charge in [-0.05, 0) is 43.1 Å². The van der Waals surface area contributed by atoms with Gasteiger partial charge in [0.2, 0.25) is 0 Å². The molecule has 19 heavy (non-hydrogen) atoms. The SMILES string of the molecule is CCNC(c1ccc(C)cc1)c1ccc(C)cc1Cl. The first-order valence-electron chi connectivity index (χ1n) is 6.68. The van der Waals surface area contributed by atoms with E-state index < -0.39 is 0 Å². The minimum absolute atomic E-state index is 0.152. The number of hydrogen-bond acceptors (Lipinski definition) is 1. The predicted octanol–water partition coefficient (Wildman–Crippen LogP) is 4.66. The van der Waals surface area contributed by atoms with Crippen molar-refractivity contribution in [2.24, 2.45) is 0 Å². The zero-order chi connectivity index (χ0) is 13.8. The van der Waals surface area contributed by atoms with Crippen molar-refractivity contribution in [2.45, 2.75) is 26.8 Å². The van der Waals surface area contributed by atoms with Crippen LogP contribution in [0.1, 0.15) is 35.2 Å². The summed E-state index contributed by atoms with van der Waals surface area (Å²) in [5, 5.41) is 4.34. The zero-order valence-corrected chi connectivity index (χ0v) is 12.5. The van der Waals surface area contributed by atoms with Gasteiger partial charge in [-0.1, -0.05) is 60.5 Å². The van der Waals surface area contributed by atoms with Gasteiger partial charge in [0.05, 0.1) is 6.04 Å². The standard InChI is InChI=1S/C17H20ClN/c1-4-19-17(14-8-5-12(2)6-9-14)15-10-7-13(3)11-16(15)18/h5-11,17,19H,4H2,1-3H3. The second kappa shape index (κ2) is 6.23. The van der Waals surface area contributed by atoms with Crippen molar-refractivity contribution in [3.05, 3.63) is 69.7 Å². The van der Waals surface area contributed by atoms with Crippen LogP contribution in [0.5, 0.6) is 0 Å². The van der Waals surface area contributed by atoms with Gasteiger partial charge in [-0.25, -0.2) is 0 Å². The van der Waals surface area contributed by atoms with Crippen LogP contribution in [0.15, 0.2) is 42.5 Å². The van der Waals surface area contributed by atoms with Crippen LogP contribution >= 0.6 is 11.6 Å². The van der Waals surface area contributed by atoms with Crippen molar-refractivity contribution in [2.75, 3.05) is 6.54 Å². The highest BCUT2D eigenvalue weighted by Crippen LogP contribution is 2.29. The first-order chi connectivity index (χ1) is 9.11. The molecule has 1 N–H and O–H groups in total. The molecule has 1 unspecified atom stereocenters. The number of hydrogen-bond donors (Lipinski definition) is 1. The third-order valence-corrected chi connectivity index (χ3v) is 3.61. The van der Waals surface area contributed by atoms with E-state index >= 15 is 0 Å². The molecule has 0 bridgehead atoms. The van der Waals surface area contributed by atoms with Gasteiger partial charge in [0.15, 0.2) is 0 Å². The van der Waals surface area contributed by atoms with Crippen LogP contribution in [0.3, 0.4) is 0 Å². The van der Waals surface area contributed by atoms with Crippen molar-refractivity contribution < 1.29 is 0 Å². The van der Waals surface area contributed by atoms with Gasteiger partial charge in [-0.15, -0.1) is 0 Å². The first-order valence-corrected chi connectivity index (χ1v) is 7.05. The Balaban J connectivity index is 2.41. The Morgan fingerprint density at radius 2 is 1.63 bits per heavy atom. The summed E-state index contributed by atoms with van der Waals surface area (Å²) in [6.07, 6.45) is 0. The maximum absolute atomic E-state index is 6.40. The molecule has 100 valence electrons. The molecule has 0 heterocycles. The van der Waals surface area contributed by atoms with Crippen molar-refractivity contribution in [1.29, 1.82) is 0 Å². The van der Waals surface area contributed by atoms with Crippen LogP contribution < -0.4 is 5.32 Å². The summed E-state index contributed by atoms with van der Waals surface area (Å²) in [6.45, 7) is 7.18. The van der Waals surface area contributed by atoms with Gasteiger partial charge in [-0.3, -0.25) is 0 Å². The summed E-state index contributed by atoms with van der Waals surface area (Å²) in [7, 11) is 0. The summed E-state index contributed by atoms with van der Waals surface area (Å²) in [5.41, 5.74) is 4.85. The second-order valence-electron chi connectivity index (χ2n) is 4.93. The monoisotopic (exact) mass is 273 g/mol. The molecule has 2 aromatic carbocycles. The van der Waals surface area contributed by atoms with Gasteiger partial charge in [0, 0.05) is 5.02 Å². The van der Waals surface area contributed by atoms with Crippen LogP contribution in [0.2, 0.25) is 5.02 Å². The Labute approximate surface area is 120 Å². The molecule has 1 atom stereocenters. The molecule has 2 heteroatoms. The molecule has 2 aromatic rings. The minimum atomic E-state index is 0.152. The fraction of sp³-hybridized carbons (Fsp3) is 0.294. The molecule has 0 aliphatic carbocycles. The largest absolute Gasteiger partial charge is 0.306 e. The average molecular weight is 274 g/mol. The van der Waals surface area contributed by atoms with Crippen molar-refractivity contribution in [3.8, 4) is 0 Å². The average Bonchev–Trinajstić information content (AvgIpc) is 2.38. The predicted molar refractivity (Wildman–Crippen MR) is 82.9 cm³/mol. The first kappa shape index (κ1) is 14.1. The highest BCUT2D eigenvalue weighted by atomic mass is 35.5. The van der Waals surface area contributed by atoms with E-state index in [0.29, 0.717) is 0 Å². The Kier molecular flexibility index (Phi) is 4.62. The number of rotatable bonds is 4. The highest BCUT2D eigenvalue weighted by Gasteiger charge is 2.15. The molecule has 0 aromatic heterocycles. The Morgan fingerprint density at radius 1 is 1.00 bits per heavy atom. The smallest absolute Gasteiger partial charge is 0.0591 e. The Morgan fingerprint density at radius 3 is 2.21 bits per heavy atom. The van der Waals surface area contributed by atoms with Crippen molar-refractivity contribution in [1.82, 2.24) is 5.32 Å². The Bertz CT molecular complexity index is 546. The van der Waals surface area contributed by atoms with E-state index in [1.165, 1.54) is 16.7 Å². The van der Waals surface area contributed by atoms with Crippen LogP contribution in [-0.4, -0.2) is 6.54 Å². The lowest BCUT2D eigenvalue weighted by atomic mass is 9.97. The summed E-state index contributed by atoms with van der Waals surface area (Å²) in [6, 6.07) is 15.0. The van der Waals surface area contributed by atoms with Gasteiger partial charge in [0.1, 0.15) is 0 Å². The summed E-state index contributed by atoms with van der Waals surface area (Å²) >= 11 is 6.40. The van der Waals surface area contributed by atoms with E-state index in [1.54, 1.807) is 0 Å². The molecule has 0 saturated carbocycles. The Hall–Kier alpha value is -1.31. The molecule has 1 nitrogen and oxygen atoms in total. The van der Waals surface area contributed by atoms with Crippen LogP contribution in [0, 0.1) is 13.8 Å². The molecule has 0 fully saturated rings. The molecule has 0 aliphatic heterocycles. The van der Waals surface area contributed by atoms with Crippen LogP contribution in [0.25, 0.3) is 0 Å². The van der Waals surface area contributed by atoms with E-state index in [1.807, 2.05) is 6.07 Å². The van der Waals surface area contributed by atoms with E-state index in [9.17, 15) is 0 Å². The van der Waals surface area contributed by atoms with Crippen molar-refractivity contribution >= 4 is 11.6 Å². The van der Waals surface area contributed by atoms with Gasteiger partial charge in [0.25, 0.3) is 0 Å². The maximum Gasteiger partial charge on any atom is 0.0591 e. The molecule has 0 amide bonds. The third kappa shape index (κ3) is 3.37. The van der Waals surface area contributed by atoms with Crippen molar-refractivity contribution in [3.63, 3.8) is 0 Å².